The molecule has 0 saturated heterocycles. The molecule has 1 N–H and O–H groups in total. The van der Waals surface area contributed by atoms with Crippen molar-refractivity contribution in [2.75, 3.05) is 0 Å². The number of imidazole rings is 1. The standard InChI is InChI=1S/C6H7FN2O2/c1-9-4(2-7)3-8-5(9)6(10)11/h3H,2H2,1H3,(H,10,11). The van der Waals surface area contributed by atoms with Crippen molar-refractivity contribution in [2.24, 2.45) is 7.05 Å². The van der Waals surface area contributed by atoms with E-state index in [-0.39, 0.29) is 11.5 Å². The first-order chi connectivity index (χ1) is 5.16. The molecule has 0 aromatic carbocycles. The van der Waals surface area contributed by atoms with E-state index in [4.69, 9.17) is 5.11 Å². The maximum absolute atomic E-state index is 12.0. The molecule has 0 aliphatic carbocycles. The van der Waals surface area contributed by atoms with Gasteiger partial charge in [0.1, 0.15) is 6.67 Å². The Bertz CT molecular complexity index is 282. The molecular weight excluding hydrogens is 151 g/mol. The summed E-state index contributed by atoms with van der Waals surface area (Å²) in [6.07, 6.45) is 1.21. The number of aromatic carboxylic acids is 1. The number of carboxylic acid groups (broad SMARTS) is 1. The maximum Gasteiger partial charge on any atom is 0.372 e. The average Bonchev–Trinajstić information content (AvgIpc) is 2.30. The normalized spacial score (nSPS) is 10.0. The van der Waals surface area contributed by atoms with Crippen LogP contribution in [-0.2, 0) is 13.7 Å². The van der Waals surface area contributed by atoms with Crippen LogP contribution in [0.4, 0.5) is 4.39 Å². The molecule has 0 radical (unpaired) electrons. The van der Waals surface area contributed by atoms with E-state index in [2.05, 4.69) is 4.98 Å². The van der Waals surface area contributed by atoms with Crippen LogP contribution in [-0.4, -0.2) is 20.6 Å². The number of carboxylic acids is 1. The summed E-state index contributed by atoms with van der Waals surface area (Å²) in [7, 11) is 1.46. The minimum atomic E-state index is -1.15. The second-order valence-corrected chi connectivity index (χ2v) is 2.07. The fourth-order valence-corrected chi connectivity index (χ4v) is 0.768. The van der Waals surface area contributed by atoms with E-state index in [0.29, 0.717) is 0 Å². The number of halogens is 1. The van der Waals surface area contributed by atoms with E-state index in [1.165, 1.54) is 17.8 Å². The Balaban J connectivity index is 3.10. The quantitative estimate of drug-likeness (QED) is 0.685. The number of carbonyl (C=O) groups is 1. The lowest BCUT2D eigenvalue weighted by Crippen LogP contribution is -2.07. The fraction of sp³-hybridized carbons (Fsp3) is 0.333. The molecule has 0 aliphatic rings. The van der Waals surface area contributed by atoms with Gasteiger partial charge in [-0.05, 0) is 0 Å². The SMILES string of the molecule is Cn1c(CF)cnc1C(=O)O. The van der Waals surface area contributed by atoms with E-state index >= 15 is 0 Å². The van der Waals surface area contributed by atoms with Gasteiger partial charge in [0.25, 0.3) is 0 Å². The van der Waals surface area contributed by atoms with E-state index in [0.717, 1.165) is 0 Å². The zero-order valence-corrected chi connectivity index (χ0v) is 5.91. The molecule has 0 fully saturated rings. The number of aromatic nitrogens is 2. The van der Waals surface area contributed by atoms with Crippen molar-refractivity contribution < 1.29 is 14.3 Å². The van der Waals surface area contributed by atoms with Gasteiger partial charge in [0, 0.05) is 7.05 Å². The number of nitrogens with zero attached hydrogens (tertiary/aromatic N) is 2. The third kappa shape index (κ3) is 1.21. The van der Waals surface area contributed by atoms with E-state index in [9.17, 15) is 9.18 Å². The fourth-order valence-electron chi connectivity index (χ4n) is 0.768. The average molecular weight is 158 g/mol. The number of rotatable bonds is 2. The van der Waals surface area contributed by atoms with Gasteiger partial charge in [-0.2, -0.15) is 0 Å². The lowest BCUT2D eigenvalue weighted by Gasteiger charge is -1.97. The zero-order valence-electron chi connectivity index (χ0n) is 5.91. The minimum absolute atomic E-state index is 0.141. The molecule has 0 bridgehead atoms. The monoisotopic (exact) mass is 158 g/mol. The Labute approximate surface area is 62.3 Å². The van der Waals surface area contributed by atoms with Crippen LogP contribution in [0.1, 0.15) is 16.3 Å². The summed E-state index contributed by atoms with van der Waals surface area (Å²) in [5.74, 6) is -1.29. The molecule has 1 aromatic rings. The van der Waals surface area contributed by atoms with Crippen LogP contribution in [0.2, 0.25) is 0 Å². The molecule has 0 unspecified atom stereocenters. The van der Waals surface area contributed by atoms with Gasteiger partial charge in [-0.3, -0.25) is 0 Å². The molecule has 5 heteroatoms. The van der Waals surface area contributed by atoms with Crippen LogP contribution in [0.15, 0.2) is 6.20 Å². The number of hydrogen-bond acceptors (Lipinski definition) is 2. The summed E-state index contributed by atoms with van der Waals surface area (Å²) in [5, 5.41) is 8.47. The first-order valence-electron chi connectivity index (χ1n) is 2.96. The Hall–Kier alpha value is -1.39. The summed E-state index contributed by atoms with van der Waals surface area (Å²) >= 11 is 0. The molecule has 0 spiro atoms. The third-order valence-electron chi connectivity index (χ3n) is 1.41. The highest BCUT2D eigenvalue weighted by Crippen LogP contribution is 2.03. The summed E-state index contributed by atoms with van der Waals surface area (Å²) in [6.45, 7) is -0.698. The van der Waals surface area contributed by atoms with Gasteiger partial charge in [0.05, 0.1) is 11.9 Å². The lowest BCUT2D eigenvalue weighted by atomic mass is 10.5. The van der Waals surface area contributed by atoms with Gasteiger partial charge in [0.2, 0.25) is 5.82 Å². The minimum Gasteiger partial charge on any atom is -0.475 e. The zero-order chi connectivity index (χ0) is 8.43. The predicted molar refractivity (Wildman–Crippen MR) is 35.0 cm³/mol. The number of hydrogen-bond donors (Lipinski definition) is 1. The second-order valence-electron chi connectivity index (χ2n) is 2.07. The topological polar surface area (TPSA) is 55.1 Å². The highest BCUT2D eigenvalue weighted by atomic mass is 19.1. The molecule has 60 valence electrons. The maximum atomic E-state index is 12.0. The molecule has 0 amide bonds. The van der Waals surface area contributed by atoms with Crippen molar-refractivity contribution in [3.63, 3.8) is 0 Å². The third-order valence-corrected chi connectivity index (χ3v) is 1.41. The largest absolute Gasteiger partial charge is 0.475 e. The Morgan fingerprint density at radius 2 is 2.55 bits per heavy atom. The molecule has 0 aliphatic heterocycles. The first-order valence-corrected chi connectivity index (χ1v) is 2.96. The van der Waals surface area contributed by atoms with Crippen LogP contribution < -0.4 is 0 Å². The van der Waals surface area contributed by atoms with Crippen LogP contribution in [0.5, 0.6) is 0 Å². The molecule has 1 aromatic heterocycles. The highest BCUT2D eigenvalue weighted by molar-refractivity contribution is 5.83. The smallest absolute Gasteiger partial charge is 0.372 e. The van der Waals surface area contributed by atoms with Crippen LogP contribution in [0.25, 0.3) is 0 Å². The summed E-state index contributed by atoms with van der Waals surface area (Å²) < 4.78 is 13.2. The van der Waals surface area contributed by atoms with Crippen LogP contribution >= 0.6 is 0 Å². The predicted octanol–water partition coefficient (Wildman–Crippen LogP) is 0.588. The second kappa shape index (κ2) is 2.69. The summed E-state index contributed by atoms with van der Waals surface area (Å²) in [6, 6.07) is 0. The van der Waals surface area contributed by atoms with Crippen LogP contribution in [0, 0.1) is 0 Å². The van der Waals surface area contributed by atoms with Gasteiger partial charge in [-0.15, -0.1) is 0 Å². The van der Waals surface area contributed by atoms with Crippen molar-refractivity contribution in [1.82, 2.24) is 9.55 Å². The summed E-state index contributed by atoms with van der Waals surface area (Å²) in [4.78, 5) is 13.9. The highest BCUT2D eigenvalue weighted by Gasteiger charge is 2.11. The molecule has 1 rings (SSSR count). The van der Waals surface area contributed by atoms with Gasteiger partial charge in [-0.1, -0.05) is 0 Å². The Kier molecular flexibility index (Phi) is 1.89. The Morgan fingerprint density at radius 3 is 2.82 bits per heavy atom. The molecule has 0 saturated carbocycles. The molecule has 11 heavy (non-hydrogen) atoms. The van der Waals surface area contributed by atoms with Crippen molar-refractivity contribution in [3.8, 4) is 0 Å². The lowest BCUT2D eigenvalue weighted by molar-refractivity contribution is 0.0679. The van der Waals surface area contributed by atoms with E-state index < -0.39 is 12.6 Å². The molecule has 1 heterocycles. The number of alkyl halides is 1. The first kappa shape index (κ1) is 7.71. The Morgan fingerprint density at radius 1 is 1.91 bits per heavy atom. The van der Waals surface area contributed by atoms with Crippen molar-refractivity contribution in [1.29, 1.82) is 0 Å². The summed E-state index contributed by atoms with van der Waals surface area (Å²) in [5.41, 5.74) is 0.266. The van der Waals surface area contributed by atoms with Gasteiger partial charge < -0.3 is 9.67 Å². The van der Waals surface area contributed by atoms with E-state index in [1.54, 1.807) is 0 Å². The van der Waals surface area contributed by atoms with Crippen molar-refractivity contribution in [2.45, 2.75) is 6.67 Å². The molecule has 4 nitrogen and oxygen atoms in total. The van der Waals surface area contributed by atoms with Gasteiger partial charge >= 0.3 is 5.97 Å². The van der Waals surface area contributed by atoms with Crippen molar-refractivity contribution >= 4 is 5.97 Å². The van der Waals surface area contributed by atoms with Gasteiger partial charge in [-0.25, -0.2) is 14.2 Å². The van der Waals surface area contributed by atoms with Crippen LogP contribution in [0.3, 0.4) is 0 Å². The van der Waals surface area contributed by atoms with Crippen molar-refractivity contribution in [3.05, 3.63) is 17.7 Å². The molecular formula is C6H7FN2O2. The molecule has 0 atom stereocenters. The van der Waals surface area contributed by atoms with E-state index in [1.807, 2.05) is 0 Å². The van der Waals surface area contributed by atoms with Gasteiger partial charge in [0.15, 0.2) is 0 Å².